The van der Waals surface area contributed by atoms with Crippen LogP contribution in [0.25, 0.3) is 11.3 Å². The lowest BCUT2D eigenvalue weighted by molar-refractivity contribution is 0.0358. The number of hydrogen-bond donors (Lipinski definition) is 4. The van der Waals surface area contributed by atoms with Gasteiger partial charge >= 0.3 is 6.09 Å². The number of nitrogen functional groups attached to an aromatic ring is 1. The molecule has 1 fully saturated rings. The minimum Gasteiger partial charge on any atom is -0.465 e. The Kier molecular flexibility index (Phi) is 6.45. The normalized spacial score (nSPS) is 19.2. The molecule has 1 aromatic carbocycles. The van der Waals surface area contributed by atoms with Crippen molar-refractivity contribution in [3.8, 4) is 11.3 Å². The quantitative estimate of drug-likeness (QED) is 0.587. The first kappa shape index (κ1) is 22.5. The number of carbonyl (C=O) groups is 2. The van der Waals surface area contributed by atoms with Crippen LogP contribution in [0.3, 0.4) is 0 Å². The number of rotatable bonds is 4. The fourth-order valence-corrected chi connectivity index (χ4v) is 4.23. The molecular formula is C22H30N6O3. The predicted molar refractivity (Wildman–Crippen MR) is 118 cm³/mol. The summed E-state index contributed by atoms with van der Waals surface area (Å²) in [5.41, 5.74) is 13.6. The maximum atomic E-state index is 13.1. The molecule has 0 saturated carbocycles. The lowest BCUT2D eigenvalue weighted by Gasteiger charge is -2.46. The summed E-state index contributed by atoms with van der Waals surface area (Å²) in [6.07, 6.45) is 1.87. The highest BCUT2D eigenvalue weighted by Gasteiger charge is 2.42. The highest BCUT2D eigenvalue weighted by Crippen LogP contribution is 2.32. The van der Waals surface area contributed by atoms with Crippen molar-refractivity contribution in [3.05, 3.63) is 41.7 Å². The van der Waals surface area contributed by atoms with Gasteiger partial charge in [-0.3, -0.25) is 4.79 Å². The van der Waals surface area contributed by atoms with E-state index in [2.05, 4.69) is 15.3 Å². The van der Waals surface area contributed by atoms with Crippen LogP contribution in [0.2, 0.25) is 0 Å². The van der Waals surface area contributed by atoms with Crippen LogP contribution in [0.4, 0.5) is 10.6 Å². The molecule has 9 nitrogen and oxygen atoms in total. The Balaban J connectivity index is 1.89. The number of piperidine rings is 1. The van der Waals surface area contributed by atoms with E-state index in [9.17, 15) is 14.7 Å². The zero-order valence-electron chi connectivity index (χ0n) is 18.1. The van der Waals surface area contributed by atoms with Crippen LogP contribution in [0.5, 0.6) is 0 Å². The summed E-state index contributed by atoms with van der Waals surface area (Å²) in [4.78, 5) is 34.9. The van der Waals surface area contributed by atoms with Crippen LogP contribution in [-0.2, 0) is 6.54 Å². The molecule has 0 aliphatic carbocycles. The van der Waals surface area contributed by atoms with Gasteiger partial charge in [-0.05, 0) is 29.9 Å². The van der Waals surface area contributed by atoms with Gasteiger partial charge in [-0.2, -0.15) is 0 Å². The molecule has 9 heteroatoms. The van der Waals surface area contributed by atoms with Crippen LogP contribution in [-0.4, -0.2) is 50.6 Å². The van der Waals surface area contributed by atoms with Crippen molar-refractivity contribution in [2.45, 2.75) is 52.2 Å². The Bertz CT molecular complexity index is 972. The van der Waals surface area contributed by atoms with Gasteiger partial charge in [-0.25, -0.2) is 14.8 Å². The number of carbonyl (C=O) groups excluding carboxylic acids is 1. The van der Waals surface area contributed by atoms with Crippen molar-refractivity contribution in [3.63, 3.8) is 0 Å². The van der Waals surface area contributed by atoms with Gasteiger partial charge in [0.05, 0.1) is 24.0 Å². The van der Waals surface area contributed by atoms with E-state index in [1.54, 1.807) is 0 Å². The molecule has 2 atom stereocenters. The maximum Gasteiger partial charge on any atom is 0.407 e. The average Bonchev–Trinajstić information content (AvgIpc) is 2.73. The van der Waals surface area contributed by atoms with Crippen molar-refractivity contribution in [1.82, 2.24) is 20.2 Å². The zero-order chi connectivity index (χ0) is 22.8. The van der Waals surface area contributed by atoms with Gasteiger partial charge in [-0.1, -0.05) is 39.0 Å². The summed E-state index contributed by atoms with van der Waals surface area (Å²) >= 11 is 0. The summed E-state index contributed by atoms with van der Waals surface area (Å²) in [6.45, 7) is 6.74. The van der Waals surface area contributed by atoms with Crippen molar-refractivity contribution >= 4 is 17.8 Å². The third-order valence-electron chi connectivity index (χ3n) is 5.55. The van der Waals surface area contributed by atoms with Gasteiger partial charge in [0, 0.05) is 18.7 Å². The van der Waals surface area contributed by atoms with Crippen LogP contribution in [0.15, 0.2) is 30.5 Å². The number of nitrogens with zero attached hydrogens (tertiary/aromatic N) is 3. The molecule has 1 aromatic heterocycles. The van der Waals surface area contributed by atoms with E-state index in [1.165, 1.54) is 11.1 Å². The van der Waals surface area contributed by atoms with Crippen LogP contribution in [0.1, 0.15) is 49.7 Å². The molecule has 6 N–H and O–H groups in total. The summed E-state index contributed by atoms with van der Waals surface area (Å²) < 4.78 is 0. The highest BCUT2D eigenvalue weighted by molar-refractivity contribution is 5.97. The monoisotopic (exact) mass is 426 g/mol. The first-order valence-electron chi connectivity index (χ1n) is 10.3. The van der Waals surface area contributed by atoms with Crippen molar-refractivity contribution in [2.24, 2.45) is 11.1 Å². The number of amides is 2. The Labute approximate surface area is 181 Å². The van der Waals surface area contributed by atoms with Gasteiger partial charge in [-0.15, -0.1) is 0 Å². The Morgan fingerprint density at radius 1 is 1.32 bits per heavy atom. The number of benzene rings is 1. The number of anilines is 1. The molecule has 1 saturated heterocycles. The second-order valence-electron chi connectivity index (χ2n) is 8.90. The van der Waals surface area contributed by atoms with Gasteiger partial charge in [0.15, 0.2) is 11.5 Å². The SMILES string of the molecule is CC(C)(C)C1[C@@H](NC(=O)c2nc(-c3cccc(CN)c3)cnc2N)CCCN1C(=O)O. The molecule has 2 heterocycles. The van der Waals surface area contributed by atoms with Crippen molar-refractivity contribution in [2.75, 3.05) is 12.3 Å². The second-order valence-corrected chi connectivity index (χ2v) is 8.90. The van der Waals surface area contributed by atoms with Gasteiger partial charge in [0.25, 0.3) is 5.91 Å². The topological polar surface area (TPSA) is 147 Å². The summed E-state index contributed by atoms with van der Waals surface area (Å²) in [7, 11) is 0. The van der Waals surface area contributed by atoms with E-state index in [-0.39, 0.29) is 29.0 Å². The first-order chi connectivity index (χ1) is 14.6. The minimum absolute atomic E-state index is 0.0226. The number of nitrogens with two attached hydrogens (primary N) is 2. The van der Waals surface area contributed by atoms with Crippen LogP contribution < -0.4 is 16.8 Å². The predicted octanol–water partition coefficient (Wildman–Crippen LogP) is 2.47. The standard InChI is InChI=1S/C22H30N6O3/c1-22(2,3)18-15(8-5-9-28(18)21(30)31)27-20(29)17-19(24)25-12-16(26-17)14-7-4-6-13(10-14)11-23/h4,6-7,10,12,15,18H,5,8-9,11,23H2,1-3H3,(H2,24,25)(H,27,29)(H,30,31)/t15-,18?/m0/s1. The number of aromatic nitrogens is 2. The molecule has 1 aliphatic rings. The minimum atomic E-state index is -0.986. The van der Waals surface area contributed by atoms with Gasteiger partial charge in [0.2, 0.25) is 0 Å². The molecule has 0 radical (unpaired) electrons. The summed E-state index contributed by atoms with van der Waals surface area (Å²) in [5, 5.41) is 12.6. The summed E-state index contributed by atoms with van der Waals surface area (Å²) in [6, 6.07) is 6.80. The zero-order valence-corrected chi connectivity index (χ0v) is 18.1. The highest BCUT2D eigenvalue weighted by atomic mass is 16.4. The fraction of sp³-hybridized carbons (Fsp3) is 0.455. The maximum absolute atomic E-state index is 13.1. The molecule has 1 aliphatic heterocycles. The largest absolute Gasteiger partial charge is 0.465 e. The molecule has 166 valence electrons. The molecule has 31 heavy (non-hydrogen) atoms. The lowest BCUT2D eigenvalue weighted by Crippen LogP contribution is -2.61. The fourth-order valence-electron chi connectivity index (χ4n) is 4.23. The van der Waals surface area contributed by atoms with Crippen LogP contribution in [0, 0.1) is 5.41 Å². The molecule has 2 amide bonds. The van der Waals surface area contributed by atoms with E-state index in [0.29, 0.717) is 31.6 Å². The van der Waals surface area contributed by atoms with E-state index < -0.39 is 12.0 Å². The third-order valence-corrected chi connectivity index (χ3v) is 5.55. The number of nitrogens with one attached hydrogen (secondary N) is 1. The van der Waals surface area contributed by atoms with Crippen molar-refractivity contribution in [1.29, 1.82) is 0 Å². The molecule has 2 aromatic rings. The van der Waals surface area contributed by atoms with E-state index in [1.807, 2.05) is 45.0 Å². The van der Waals surface area contributed by atoms with Gasteiger partial charge in [0.1, 0.15) is 0 Å². The summed E-state index contributed by atoms with van der Waals surface area (Å²) in [5.74, 6) is -0.442. The molecule has 1 unspecified atom stereocenters. The molecular weight excluding hydrogens is 396 g/mol. The van der Waals surface area contributed by atoms with E-state index >= 15 is 0 Å². The number of carboxylic acid groups (broad SMARTS) is 1. The Morgan fingerprint density at radius 2 is 2.06 bits per heavy atom. The Hall–Kier alpha value is -3.20. The molecule has 0 spiro atoms. The lowest BCUT2D eigenvalue weighted by atomic mass is 9.77. The average molecular weight is 427 g/mol. The smallest absolute Gasteiger partial charge is 0.407 e. The second kappa shape index (κ2) is 8.89. The molecule has 0 bridgehead atoms. The Morgan fingerprint density at radius 3 is 2.71 bits per heavy atom. The number of hydrogen-bond acceptors (Lipinski definition) is 6. The first-order valence-corrected chi connectivity index (χ1v) is 10.3. The van der Waals surface area contributed by atoms with Crippen molar-refractivity contribution < 1.29 is 14.7 Å². The molecule has 3 rings (SSSR count). The van der Waals surface area contributed by atoms with Crippen LogP contribution >= 0.6 is 0 Å². The van der Waals surface area contributed by atoms with Gasteiger partial charge < -0.3 is 26.8 Å². The third kappa shape index (κ3) is 4.93. The van der Waals surface area contributed by atoms with E-state index in [0.717, 1.165) is 11.1 Å². The van der Waals surface area contributed by atoms with E-state index in [4.69, 9.17) is 11.5 Å². The number of likely N-dealkylation sites (tertiary alicyclic amines) is 1.